The van der Waals surface area contributed by atoms with E-state index in [9.17, 15) is 14.4 Å². The Hall–Kier alpha value is -2.89. The maximum absolute atomic E-state index is 12.7. The van der Waals surface area contributed by atoms with E-state index in [0.717, 1.165) is 5.01 Å². The number of amides is 4. The first kappa shape index (κ1) is 16.5. The standard InChI is InChI=1S/C17H19N3O3/c1-3-5-7-12-14(21)19-20-15(22)17(4-2,18-16(20)23)13-10-8-6-9-11-13/h3,5-12H,4H2,1-2H3,(H,18,23)(H,19,21)/b5-3+,12-7+/t17-/m1/s1. The molecule has 0 aromatic heterocycles. The van der Waals surface area contributed by atoms with Crippen molar-refractivity contribution in [2.24, 2.45) is 0 Å². The van der Waals surface area contributed by atoms with Crippen molar-refractivity contribution in [3.8, 4) is 0 Å². The summed E-state index contributed by atoms with van der Waals surface area (Å²) in [6.45, 7) is 3.62. The fraction of sp³-hybridized carbons (Fsp3) is 0.235. The Labute approximate surface area is 134 Å². The Bertz CT molecular complexity index is 667. The van der Waals surface area contributed by atoms with Crippen LogP contribution in [0.4, 0.5) is 4.79 Å². The molecule has 23 heavy (non-hydrogen) atoms. The molecular formula is C17H19N3O3. The normalized spacial score (nSPS) is 21.2. The lowest BCUT2D eigenvalue weighted by atomic mass is 9.87. The Balaban J connectivity index is 2.24. The van der Waals surface area contributed by atoms with Gasteiger partial charge in [-0.2, -0.15) is 5.01 Å². The molecule has 1 aromatic carbocycles. The van der Waals surface area contributed by atoms with Gasteiger partial charge in [-0.15, -0.1) is 0 Å². The van der Waals surface area contributed by atoms with Gasteiger partial charge in [0, 0.05) is 6.08 Å². The fourth-order valence-electron chi connectivity index (χ4n) is 2.44. The smallest absolute Gasteiger partial charge is 0.318 e. The van der Waals surface area contributed by atoms with Crippen molar-refractivity contribution >= 4 is 17.8 Å². The Morgan fingerprint density at radius 2 is 1.96 bits per heavy atom. The molecule has 1 aromatic rings. The zero-order valence-electron chi connectivity index (χ0n) is 13.1. The number of nitrogens with one attached hydrogen (secondary N) is 2. The van der Waals surface area contributed by atoms with E-state index >= 15 is 0 Å². The second-order valence-corrected chi connectivity index (χ2v) is 5.06. The molecule has 0 spiro atoms. The van der Waals surface area contributed by atoms with Crippen LogP contribution < -0.4 is 10.7 Å². The van der Waals surface area contributed by atoms with Crippen LogP contribution in [0.2, 0.25) is 0 Å². The van der Waals surface area contributed by atoms with E-state index in [4.69, 9.17) is 0 Å². The number of nitrogens with zero attached hydrogens (tertiary/aromatic N) is 1. The fourth-order valence-corrected chi connectivity index (χ4v) is 2.44. The maximum atomic E-state index is 12.7. The van der Waals surface area contributed by atoms with Gasteiger partial charge in [-0.1, -0.05) is 55.5 Å². The summed E-state index contributed by atoms with van der Waals surface area (Å²) in [4.78, 5) is 36.7. The summed E-state index contributed by atoms with van der Waals surface area (Å²) < 4.78 is 0. The van der Waals surface area contributed by atoms with Crippen molar-refractivity contribution in [3.63, 3.8) is 0 Å². The van der Waals surface area contributed by atoms with Gasteiger partial charge in [0.15, 0.2) is 0 Å². The average molecular weight is 313 g/mol. The molecule has 1 saturated heterocycles. The van der Waals surface area contributed by atoms with Crippen molar-refractivity contribution in [1.82, 2.24) is 15.8 Å². The molecule has 6 nitrogen and oxygen atoms in total. The van der Waals surface area contributed by atoms with E-state index in [1.54, 1.807) is 36.4 Å². The highest BCUT2D eigenvalue weighted by atomic mass is 16.2. The van der Waals surface area contributed by atoms with Crippen LogP contribution in [0.3, 0.4) is 0 Å². The van der Waals surface area contributed by atoms with Crippen molar-refractivity contribution < 1.29 is 14.4 Å². The van der Waals surface area contributed by atoms with Crippen molar-refractivity contribution in [2.75, 3.05) is 0 Å². The lowest BCUT2D eigenvalue weighted by Crippen LogP contribution is -2.48. The van der Waals surface area contributed by atoms with E-state index in [-0.39, 0.29) is 0 Å². The number of allylic oxidation sites excluding steroid dienone is 3. The van der Waals surface area contributed by atoms with Gasteiger partial charge in [0.25, 0.3) is 11.8 Å². The second-order valence-electron chi connectivity index (χ2n) is 5.06. The molecule has 2 N–H and O–H groups in total. The quantitative estimate of drug-likeness (QED) is 0.496. The molecule has 4 amide bonds. The molecular weight excluding hydrogens is 294 g/mol. The highest BCUT2D eigenvalue weighted by molar-refractivity contribution is 6.08. The summed E-state index contributed by atoms with van der Waals surface area (Å²) in [5.74, 6) is -1.05. The minimum absolute atomic E-state index is 0.377. The maximum Gasteiger partial charge on any atom is 0.344 e. The topological polar surface area (TPSA) is 78.5 Å². The molecule has 2 rings (SSSR count). The highest BCUT2D eigenvalue weighted by Gasteiger charge is 2.52. The number of carbonyl (C=O) groups is 3. The molecule has 0 radical (unpaired) electrons. The number of carbonyl (C=O) groups excluding carboxylic acids is 3. The lowest BCUT2D eigenvalue weighted by molar-refractivity contribution is -0.138. The van der Waals surface area contributed by atoms with E-state index in [1.165, 1.54) is 12.2 Å². The first-order chi connectivity index (χ1) is 11.0. The Morgan fingerprint density at radius 1 is 1.26 bits per heavy atom. The minimum Gasteiger partial charge on any atom is -0.318 e. The third-order valence-electron chi connectivity index (χ3n) is 3.66. The molecule has 0 saturated carbocycles. The predicted molar refractivity (Wildman–Crippen MR) is 85.9 cm³/mol. The SMILES string of the molecule is C/C=C/C=C/C(=O)NN1C(=O)N[C@](CC)(c2ccccc2)C1=O. The monoisotopic (exact) mass is 313 g/mol. The van der Waals surface area contributed by atoms with E-state index in [0.29, 0.717) is 12.0 Å². The number of hydrazine groups is 1. The highest BCUT2D eigenvalue weighted by Crippen LogP contribution is 2.31. The van der Waals surface area contributed by atoms with Gasteiger partial charge in [0.1, 0.15) is 5.54 Å². The Kier molecular flexibility index (Phi) is 4.95. The van der Waals surface area contributed by atoms with Crippen LogP contribution in [-0.2, 0) is 15.1 Å². The van der Waals surface area contributed by atoms with E-state index < -0.39 is 23.4 Å². The third-order valence-corrected chi connectivity index (χ3v) is 3.66. The third kappa shape index (κ3) is 3.15. The number of benzene rings is 1. The van der Waals surface area contributed by atoms with Crippen molar-refractivity contribution in [2.45, 2.75) is 25.8 Å². The van der Waals surface area contributed by atoms with Crippen molar-refractivity contribution in [1.29, 1.82) is 0 Å². The van der Waals surface area contributed by atoms with Crippen LogP contribution in [0.15, 0.2) is 54.6 Å². The molecule has 0 unspecified atom stereocenters. The lowest BCUT2D eigenvalue weighted by Gasteiger charge is -2.25. The summed E-state index contributed by atoms with van der Waals surface area (Å²) in [7, 11) is 0. The first-order valence-electron chi connectivity index (χ1n) is 7.37. The van der Waals surface area contributed by atoms with Crippen LogP contribution in [0.5, 0.6) is 0 Å². The molecule has 6 heteroatoms. The number of rotatable bonds is 5. The van der Waals surface area contributed by atoms with Crippen LogP contribution in [-0.4, -0.2) is 22.9 Å². The average Bonchev–Trinajstić information content (AvgIpc) is 2.81. The van der Waals surface area contributed by atoms with Crippen LogP contribution in [0, 0.1) is 0 Å². The van der Waals surface area contributed by atoms with E-state index in [1.807, 2.05) is 19.9 Å². The molecule has 120 valence electrons. The molecule has 0 aliphatic carbocycles. The largest absolute Gasteiger partial charge is 0.344 e. The van der Waals surface area contributed by atoms with E-state index in [2.05, 4.69) is 10.7 Å². The van der Waals surface area contributed by atoms with Gasteiger partial charge in [-0.3, -0.25) is 15.0 Å². The molecule has 1 heterocycles. The Morgan fingerprint density at radius 3 is 2.57 bits per heavy atom. The number of hydrogen-bond donors (Lipinski definition) is 2. The number of urea groups is 1. The zero-order valence-corrected chi connectivity index (χ0v) is 13.1. The number of imide groups is 1. The van der Waals surface area contributed by atoms with Gasteiger partial charge in [0.05, 0.1) is 0 Å². The zero-order chi connectivity index (χ0) is 16.9. The van der Waals surface area contributed by atoms with Crippen LogP contribution in [0.25, 0.3) is 0 Å². The summed E-state index contributed by atoms with van der Waals surface area (Å²) in [6, 6.07) is 8.34. The predicted octanol–water partition coefficient (Wildman–Crippen LogP) is 2.01. The molecule has 1 aliphatic rings. The summed E-state index contributed by atoms with van der Waals surface area (Å²) in [6.07, 6.45) is 6.58. The van der Waals surface area contributed by atoms with Gasteiger partial charge < -0.3 is 5.32 Å². The summed E-state index contributed by atoms with van der Waals surface area (Å²) >= 11 is 0. The molecule has 0 bridgehead atoms. The number of hydrogen-bond acceptors (Lipinski definition) is 3. The van der Waals surface area contributed by atoms with Crippen LogP contribution >= 0.6 is 0 Å². The minimum atomic E-state index is -1.15. The molecule has 1 aliphatic heterocycles. The molecule has 1 atom stereocenters. The van der Waals surface area contributed by atoms with Crippen molar-refractivity contribution in [3.05, 3.63) is 60.2 Å². The van der Waals surface area contributed by atoms with Gasteiger partial charge >= 0.3 is 6.03 Å². The first-order valence-corrected chi connectivity index (χ1v) is 7.37. The van der Waals surface area contributed by atoms with Gasteiger partial charge in [0.2, 0.25) is 0 Å². The molecule has 1 fully saturated rings. The summed E-state index contributed by atoms with van der Waals surface area (Å²) in [5.41, 5.74) is 1.84. The van der Waals surface area contributed by atoms with Gasteiger partial charge in [-0.05, 0) is 18.9 Å². The van der Waals surface area contributed by atoms with Crippen LogP contribution in [0.1, 0.15) is 25.8 Å². The second kappa shape index (κ2) is 6.91. The van der Waals surface area contributed by atoms with Gasteiger partial charge in [-0.25, -0.2) is 4.79 Å². The summed E-state index contributed by atoms with van der Waals surface area (Å²) in [5, 5.41) is 3.43.